The first kappa shape index (κ1) is 13.4. The molecule has 0 aliphatic rings. The Balaban J connectivity index is 2.14. The van der Waals surface area contributed by atoms with Crippen LogP contribution in [0.1, 0.15) is 17.3 Å². The lowest BCUT2D eigenvalue weighted by Crippen LogP contribution is -2.12. The van der Waals surface area contributed by atoms with Crippen LogP contribution in [0.25, 0.3) is 0 Å². The fourth-order valence-corrected chi connectivity index (χ4v) is 1.77. The highest BCUT2D eigenvalue weighted by molar-refractivity contribution is 6.32. The number of hydrogen-bond acceptors (Lipinski definition) is 3. The number of pyridine rings is 1. The van der Waals surface area contributed by atoms with E-state index in [0.29, 0.717) is 28.8 Å². The zero-order chi connectivity index (χ0) is 13.7. The van der Waals surface area contributed by atoms with E-state index < -0.39 is 0 Å². The lowest BCUT2D eigenvalue weighted by molar-refractivity contribution is 0.102. The van der Waals surface area contributed by atoms with Gasteiger partial charge >= 0.3 is 0 Å². The van der Waals surface area contributed by atoms with E-state index in [0.717, 1.165) is 0 Å². The second kappa shape index (κ2) is 6.20. The fourth-order valence-electron chi connectivity index (χ4n) is 1.54. The average Bonchev–Trinajstić information content (AvgIpc) is 2.42. The summed E-state index contributed by atoms with van der Waals surface area (Å²) >= 11 is 6.03. The quantitative estimate of drug-likeness (QED) is 0.931. The molecule has 4 nitrogen and oxygen atoms in total. The van der Waals surface area contributed by atoms with Crippen LogP contribution in [0.2, 0.25) is 5.02 Å². The topological polar surface area (TPSA) is 51.2 Å². The number of nitrogens with one attached hydrogen (secondary N) is 1. The standard InChI is InChI=1S/C14H13ClN2O2/c1-2-19-12-7-6-10(9-11(12)15)14(18)17-13-5-3-4-8-16-13/h3-9H,2H2,1H3,(H,16,17,18). The van der Waals surface area contributed by atoms with E-state index >= 15 is 0 Å². The molecule has 2 aromatic rings. The molecular weight excluding hydrogens is 264 g/mol. The van der Waals surface area contributed by atoms with E-state index in [9.17, 15) is 4.79 Å². The van der Waals surface area contributed by atoms with Gasteiger partial charge in [0, 0.05) is 11.8 Å². The van der Waals surface area contributed by atoms with E-state index in [1.165, 1.54) is 0 Å². The maximum absolute atomic E-state index is 12.0. The van der Waals surface area contributed by atoms with Gasteiger partial charge in [-0.25, -0.2) is 4.98 Å². The van der Waals surface area contributed by atoms with Gasteiger partial charge in [0.2, 0.25) is 0 Å². The molecule has 1 aromatic heterocycles. The van der Waals surface area contributed by atoms with E-state index in [2.05, 4.69) is 10.3 Å². The third-order valence-electron chi connectivity index (χ3n) is 2.40. The number of rotatable bonds is 4. The Labute approximate surface area is 116 Å². The highest BCUT2D eigenvalue weighted by Gasteiger charge is 2.09. The molecule has 0 radical (unpaired) electrons. The third-order valence-corrected chi connectivity index (χ3v) is 2.70. The number of carbonyl (C=O) groups is 1. The SMILES string of the molecule is CCOc1ccc(C(=O)Nc2ccccn2)cc1Cl. The summed E-state index contributed by atoms with van der Waals surface area (Å²) < 4.78 is 5.31. The van der Waals surface area contributed by atoms with Crippen molar-refractivity contribution in [1.82, 2.24) is 4.98 Å². The largest absolute Gasteiger partial charge is 0.492 e. The minimum absolute atomic E-state index is 0.261. The lowest BCUT2D eigenvalue weighted by atomic mass is 10.2. The maximum atomic E-state index is 12.0. The van der Waals surface area contributed by atoms with Gasteiger partial charge in [0.25, 0.3) is 5.91 Å². The first-order valence-corrected chi connectivity index (χ1v) is 6.23. The molecule has 1 heterocycles. The molecular formula is C14H13ClN2O2. The smallest absolute Gasteiger partial charge is 0.256 e. The second-order valence-corrected chi connectivity index (χ2v) is 4.15. The number of amides is 1. The van der Waals surface area contributed by atoms with Crippen LogP contribution in [-0.4, -0.2) is 17.5 Å². The van der Waals surface area contributed by atoms with Crippen LogP contribution in [-0.2, 0) is 0 Å². The molecule has 1 amide bonds. The maximum Gasteiger partial charge on any atom is 0.256 e. The van der Waals surface area contributed by atoms with Crippen LogP contribution in [0.15, 0.2) is 42.6 Å². The van der Waals surface area contributed by atoms with Crippen molar-refractivity contribution in [2.24, 2.45) is 0 Å². The van der Waals surface area contributed by atoms with Crippen molar-refractivity contribution in [3.63, 3.8) is 0 Å². The molecule has 0 aliphatic carbocycles. The van der Waals surface area contributed by atoms with Crippen molar-refractivity contribution >= 4 is 23.3 Å². The molecule has 0 saturated carbocycles. The van der Waals surface area contributed by atoms with Gasteiger partial charge in [-0.3, -0.25) is 4.79 Å². The van der Waals surface area contributed by atoms with E-state index in [1.54, 1.807) is 42.6 Å². The molecule has 19 heavy (non-hydrogen) atoms. The van der Waals surface area contributed by atoms with Gasteiger partial charge < -0.3 is 10.1 Å². The number of halogens is 1. The first-order valence-electron chi connectivity index (χ1n) is 5.85. The van der Waals surface area contributed by atoms with Gasteiger partial charge in [-0.05, 0) is 37.3 Å². The summed E-state index contributed by atoms with van der Waals surface area (Å²) in [6, 6.07) is 10.2. The van der Waals surface area contributed by atoms with Crippen LogP contribution >= 0.6 is 11.6 Å². The van der Waals surface area contributed by atoms with Crippen LogP contribution in [0, 0.1) is 0 Å². The summed E-state index contributed by atoms with van der Waals surface area (Å²) in [5, 5.41) is 3.10. The number of nitrogens with zero attached hydrogens (tertiary/aromatic N) is 1. The molecule has 0 fully saturated rings. The molecule has 0 aliphatic heterocycles. The third kappa shape index (κ3) is 3.45. The van der Waals surface area contributed by atoms with E-state index in [4.69, 9.17) is 16.3 Å². The fraction of sp³-hybridized carbons (Fsp3) is 0.143. The second-order valence-electron chi connectivity index (χ2n) is 3.75. The number of aromatic nitrogens is 1. The predicted octanol–water partition coefficient (Wildman–Crippen LogP) is 3.39. The van der Waals surface area contributed by atoms with E-state index in [-0.39, 0.29) is 5.91 Å². The Morgan fingerprint density at radius 1 is 1.37 bits per heavy atom. The summed E-state index contributed by atoms with van der Waals surface area (Å²) in [5.74, 6) is 0.805. The summed E-state index contributed by atoms with van der Waals surface area (Å²) in [6.07, 6.45) is 1.61. The Bertz CT molecular complexity index is 573. The number of anilines is 1. The molecule has 0 saturated heterocycles. The molecule has 98 valence electrons. The minimum Gasteiger partial charge on any atom is -0.492 e. The Morgan fingerprint density at radius 3 is 2.84 bits per heavy atom. The predicted molar refractivity (Wildman–Crippen MR) is 74.8 cm³/mol. The van der Waals surface area contributed by atoms with Crippen LogP contribution in [0.4, 0.5) is 5.82 Å². The monoisotopic (exact) mass is 276 g/mol. The van der Waals surface area contributed by atoms with Gasteiger partial charge in [-0.1, -0.05) is 17.7 Å². The molecule has 0 unspecified atom stereocenters. The minimum atomic E-state index is -0.261. The number of benzene rings is 1. The number of hydrogen-bond donors (Lipinski definition) is 1. The highest BCUT2D eigenvalue weighted by Crippen LogP contribution is 2.25. The van der Waals surface area contributed by atoms with Crippen LogP contribution in [0.3, 0.4) is 0 Å². The Hall–Kier alpha value is -2.07. The zero-order valence-corrected chi connectivity index (χ0v) is 11.1. The van der Waals surface area contributed by atoms with Crippen molar-refractivity contribution in [2.45, 2.75) is 6.92 Å². The summed E-state index contributed by atoms with van der Waals surface area (Å²) in [4.78, 5) is 16.0. The van der Waals surface area contributed by atoms with Crippen molar-refractivity contribution in [3.05, 3.63) is 53.2 Å². The molecule has 5 heteroatoms. The summed E-state index contributed by atoms with van der Waals surface area (Å²) in [7, 11) is 0. The number of ether oxygens (including phenoxy) is 1. The first-order chi connectivity index (χ1) is 9.20. The van der Waals surface area contributed by atoms with Gasteiger partial charge in [-0.15, -0.1) is 0 Å². The summed E-state index contributed by atoms with van der Waals surface area (Å²) in [6.45, 7) is 2.40. The van der Waals surface area contributed by atoms with Gasteiger partial charge in [0.05, 0.1) is 11.6 Å². The Kier molecular flexibility index (Phi) is 4.36. The van der Waals surface area contributed by atoms with Gasteiger partial charge in [0.15, 0.2) is 0 Å². The van der Waals surface area contributed by atoms with E-state index in [1.807, 2.05) is 6.92 Å². The van der Waals surface area contributed by atoms with Gasteiger partial charge in [-0.2, -0.15) is 0 Å². The molecule has 1 aromatic carbocycles. The van der Waals surface area contributed by atoms with Crippen LogP contribution < -0.4 is 10.1 Å². The Morgan fingerprint density at radius 2 is 2.21 bits per heavy atom. The van der Waals surface area contributed by atoms with Crippen molar-refractivity contribution in [2.75, 3.05) is 11.9 Å². The summed E-state index contributed by atoms with van der Waals surface area (Å²) in [5.41, 5.74) is 0.458. The average molecular weight is 277 g/mol. The molecule has 0 atom stereocenters. The van der Waals surface area contributed by atoms with Crippen molar-refractivity contribution in [1.29, 1.82) is 0 Å². The van der Waals surface area contributed by atoms with Gasteiger partial charge in [0.1, 0.15) is 11.6 Å². The normalized spacial score (nSPS) is 10.0. The molecule has 2 rings (SSSR count). The van der Waals surface area contributed by atoms with Crippen molar-refractivity contribution in [3.8, 4) is 5.75 Å². The lowest BCUT2D eigenvalue weighted by Gasteiger charge is -2.08. The zero-order valence-electron chi connectivity index (χ0n) is 10.4. The molecule has 1 N–H and O–H groups in total. The highest BCUT2D eigenvalue weighted by atomic mass is 35.5. The number of carbonyl (C=O) groups excluding carboxylic acids is 1. The molecule has 0 bridgehead atoms. The van der Waals surface area contributed by atoms with Crippen molar-refractivity contribution < 1.29 is 9.53 Å². The van der Waals surface area contributed by atoms with Crippen LogP contribution in [0.5, 0.6) is 5.75 Å². The molecule has 0 spiro atoms.